The van der Waals surface area contributed by atoms with Crippen LogP contribution < -0.4 is 0 Å². The van der Waals surface area contributed by atoms with Crippen LogP contribution >= 0.6 is 0 Å². The minimum atomic E-state index is -2.94. The Kier molecular flexibility index (Phi) is 5.13. The molecule has 0 saturated carbocycles. The van der Waals surface area contributed by atoms with Crippen LogP contribution in [0.3, 0.4) is 0 Å². The molecule has 0 bridgehead atoms. The first-order chi connectivity index (χ1) is 11.3. The van der Waals surface area contributed by atoms with Gasteiger partial charge in [0.05, 0.1) is 11.5 Å². The lowest BCUT2D eigenvalue weighted by Crippen LogP contribution is -2.58. The first-order valence-corrected chi connectivity index (χ1v) is 10.5. The monoisotopic (exact) mass is 348 g/mol. The van der Waals surface area contributed by atoms with Crippen LogP contribution in [0, 0.1) is 6.92 Å². The molecule has 2 atom stereocenters. The molecule has 1 aromatic rings. The van der Waals surface area contributed by atoms with Crippen molar-refractivity contribution in [2.75, 3.05) is 31.1 Å². The molecule has 0 amide bonds. The fraction of sp³-hybridized carbons (Fsp3) is 0.579. The van der Waals surface area contributed by atoms with Crippen LogP contribution in [-0.2, 0) is 16.4 Å². The molecular weight excluding hydrogens is 320 g/mol. The summed E-state index contributed by atoms with van der Waals surface area (Å²) in [6, 6.07) is 8.82. The van der Waals surface area contributed by atoms with Gasteiger partial charge in [0, 0.05) is 38.3 Å². The highest BCUT2D eigenvalue weighted by Gasteiger charge is 2.46. The van der Waals surface area contributed by atoms with E-state index >= 15 is 0 Å². The van der Waals surface area contributed by atoms with Crippen LogP contribution in [0.2, 0.25) is 0 Å². The minimum Gasteiger partial charge on any atom is -0.293 e. The smallest absolute Gasteiger partial charge is 0.153 e. The lowest BCUT2D eigenvalue weighted by molar-refractivity contribution is 0.0478. The van der Waals surface area contributed by atoms with Crippen LogP contribution in [0.5, 0.6) is 0 Å². The highest BCUT2D eigenvalue weighted by Crippen LogP contribution is 2.28. The van der Waals surface area contributed by atoms with Crippen molar-refractivity contribution in [1.82, 2.24) is 9.80 Å². The fourth-order valence-corrected chi connectivity index (χ4v) is 5.79. The summed E-state index contributed by atoms with van der Waals surface area (Å²) in [7, 11) is -2.94. The van der Waals surface area contributed by atoms with Crippen molar-refractivity contribution in [3.8, 4) is 0 Å². The van der Waals surface area contributed by atoms with Gasteiger partial charge in [-0.2, -0.15) is 0 Å². The molecule has 2 aliphatic heterocycles. The molecule has 0 aliphatic carbocycles. The van der Waals surface area contributed by atoms with Gasteiger partial charge in [0.2, 0.25) is 0 Å². The molecule has 3 rings (SSSR count). The largest absolute Gasteiger partial charge is 0.293 e. The molecule has 132 valence electrons. The predicted octanol–water partition coefficient (Wildman–Crippen LogP) is 2.24. The van der Waals surface area contributed by atoms with Gasteiger partial charge in [-0.3, -0.25) is 9.80 Å². The van der Waals surface area contributed by atoms with E-state index in [1.807, 2.05) is 0 Å². The molecule has 2 aliphatic rings. The van der Waals surface area contributed by atoms with Crippen LogP contribution in [0.4, 0.5) is 0 Å². The predicted molar refractivity (Wildman–Crippen MR) is 98.8 cm³/mol. The Bertz CT molecular complexity index is 705. The van der Waals surface area contributed by atoms with Gasteiger partial charge >= 0.3 is 0 Å². The minimum absolute atomic E-state index is 0.121. The third-order valence-electron chi connectivity index (χ3n) is 5.15. The van der Waals surface area contributed by atoms with Crippen LogP contribution in [-0.4, -0.2) is 61.4 Å². The maximum Gasteiger partial charge on any atom is 0.153 e. The molecule has 0 unspecified atom stereocenters. The Labute approximate surface area is 146 Å². The summed E-state index contributed by atoms with van der Waals surface area (Å²) in [4.78, 5) is 4.73. The zero-order valence-electron chi connectivity index (χ0n) is 14.9. The Morgan fingerprint density at radius 3 is 2.29 bits per heavy atom. The third kappa shape index (κ3) is 4.08. The van der Waals surface area contributed by atoms with Crippen LogP contribution in [0.15, 0.2) is 35.9 Å². The van der Waals surface area contributed by atoms with Gasteiger partial charge in [0.15, 0.2) is 9.84 Å². The molecule has 2 heterocycles. The number of benzene rings is 1. The fourth-order valence-electron chi connectivity index (χ4n) is 3.75. The number of sulfone groups is 1. The number of hydrogen-bond acceptors (Lipinski definition) is 4. The van der Waals surface area contributed by atoms with Gasteiger partial charge in [0.25, 0.3) is 0 Å². The van der Waals surface area contributed by atoms with Crippen molar-refractivity contribution >= 4 is 9.84 Å². The Balaban J connectivity index is 1.76. The van der Waals surface area contributed by atoms with Crippen molar-refractivity contribution in [1.29, 1.82) is 0 Å². The molecule has 0 aromatic heterocycles. The maximum atomic E-state index is 12.3. The van der Waals surface area contributed by atoms with Gasteiger partial charge in [-0.25, -0.2) is 8.42 Å². The highest BCUT2D eigenvalue weighted by atomic mass is 32.2. The Morgan fingerprint density at radius 2 is 1.67 bits per heavy atom. The van der Waals surface area contributed by atoms with E-state index in [1.54, 1.807) is 0 Å². The van der Waals surface area contributed by atoms with E-state index in [9.17, 15) is 8.42 Å². The number of allylic oxidation sites excluding steroid dienone is 1. The molecule has 24 heavy (non-hydrogen) atoms. The summed E-state index contributed by atoms with van der Waals surface area (Å²) in [6.45, 7) is 9.84. The maximum absolute atomic E-state index is 12.3. The number of rotatable bonds is 4. The number of fused-ring (bicyclic) bond motifs is 1. The van der Waals surface area contributed by atoms with Gasteiger partial charge in [-0.05, 0) is 26.3 Å². The molecule has 5 heteroatoms. The molecule has 1 aromatic carbocycles. The molecule has 2 saturated heterocycles. The zero-order valence-corrected chi connectivity index (χ0v) is 15.7. The molecule has 4 nitrogen and oxygen atoms in total. The van der Waals surface area contributed by atoms with E-state index in [2.05, 4.69) is 60.9 Å². The first-order valence-electron chi connectivity index (χ1n) is 8.71. The van der Waals surface area contributed by atoms with E-state index < -0.39 is 9.84 Å². The van der Waals surface area contributed by atoms with Crippen molar-refractivity contribution in [3.05, 3.63) is 47.0 Å². The topological polar surface area (TPSA) is 40.6 Å². The summed E-state index contributed by atoms with van der Waals surface area (Å²) in [5, 5.41) is 0. The lowest BCUT2D eigenvalue weighted by atomic mass is 10.0. The SMILES string of the molecule is CC(C)=CCN1CCN(Cc2ccc(C)cc2)[C@H]2CS(=O)(=O)C[C@H]21. The summed E-state index contributed by atoms with van der Waals surface area (Å²) in [6.07, 6.45) is 2.21. The van der Waals surface area contributed by atoms with Crippen molar-refractivity contribution in [2.45, 2.75) is 39.4 Å². The number of aryl methyl sites for hydroxylation is 1. The molecular formula is C19H28N2O2S. The van der Waals surface area contributed by atoms with Gasteiger partial charge < -0.3 is 0 Å². The second-order valence-corrected chi connectivity index (χ2v) is 9.60. The highest BCUT2D eigenvalue weighted by molar-refractivity contribution is 7.91. The Hall–Kier alpha value is -1.17. The molecule has 2 fully saturated rings. The number of piperazine rings is 1. The summed E-state index contributed by atoms with van der Waals surface area (Å²) in [5.74, 6) is 0.605. The lowest BCUT2D eigenvalue weighted by Gasteiger charge is -2.43. The quantitative estimate of drug-likeness (QED) is 0.783. The summed E-state index contributed by atoms with van der Waals surface area (Å²) in [5.41, 5.74) is 3.81. The first kappa shape index (κ1) is 17.6. The van der Waals surface area contributed by atoms with Gasteiger partial charge in [-0.15, -0.1) is 0 Å². The van der Waals surface area contributed by atoms with Crippen LogP contribution in [0.25, 0.3) is 0 Å². The van der Waals surface area contributed by atoms with Gasteiger partial charge in [-0.1, -0.05) is 41.5 Å². The second kappa shape index (κ2) is 6.98. The normalized spacial score (nSPS) is 27.0. The van der Waals surface area contributed by atoms with E-state index in [0.717, 1.165) is 26.2 Å². The van der Waals surface area contributed by atoms with E-state index in [-0.39, 0.29) is 12.1 Å². The average Bonchev–Trinajstić information content (AvgIpc) is 2.84. The van der Waals surface area contributed by atoms with E-state index in [0.29, 0.717) is 11.5 Å². The van der Waals surface area contributed by atoms with E-state index in [4.69, 9.17) is 0 Å². The van der Waals surface area contributed by atoms with Gasteiger partial charge in [0.1, 0.15) is 0 Å². The van der Waals surface area contributed by atoms with Crippen molar-refractivity contribution in [3.63, 3.8) is 0 Å². The Morgan fingerprint density at radius 1 is 1.08 bits per heavy atom. The summed E-state index contributed by atoms with van der Waals surface area (Å²) < 4.78 is 24.5. The zero-order chi connectivity index (χ0) is 17.3. The van der Waals surface area contributed by atoms with Crippen molar-refractivity contribution in [2.24, 2.45) is 0 Å². The third-order valence-corrected chi connectivity index (χ3v) is 6.85. The standard InChI is InChI=1S/C19H28N2O2S/c1-15(2)8-9-20-10-11-21(12-17-6-4-16(3)5-7-17)19-14-24(22,23)13-18(19)20/h4-8,18-19H,9-14H2,1-3H3/t18-,19+/m1/s1. The second-order valence-electron chi connectivity index (χ2n) is 7.44. The molecule has 0 N–H and O–H groups in total. The number of nitrogens with zero attached hydrogens (tertiary/aromatic N) is 2. The number of hydrogen-bond donors (Lipinski definition) is 0. The van der Waals surface area contributed by atoms with E-state index in [1.165, 1.54) is 16.7 Å². The average molecular weight is 349 g/mol. The molecule has 0 spiro atoms. The molecule has 0 radical (unpaired) electrons. The van der Waals surface area contributed by atoms with Crippen LogP contribution in [0.1, 0.15) is 25.0 Å². The van der Waals surface area contributed by atoms with Crippen molar-refractivity contribution < 1.29 is 8.42 Å². The summed E-state index contributed by atoms with van der Waals surface area (Å²) >= 11 is 0.